The van der Waals surface area contributed by atoms with E-state index in [0.29, 0.717) is 6.42 Å². The Morgan fingerprint density at radius 2 is 1.84 bits per heavy atom. The van der Waals surface area contributed by atoms with Crippen LogP contribution in [0.2, 0.25) is 5.02 Å². The van der Waals surface area contributed by atoms with Crippen molar-refractivity contribution in [1.82, 2.24) is 9.55 Å². The third-order valence-electron chi connectivity index (χ3n) is 4.08. The van der Waals surface area contributed by atoms with Crippen molar-refractivity contribution in [3.8, 4) is 5.69 Å². The van der Waals surface area contributed by atoms with E-state index in [1.54, 1.807) is 0 Å². The number of aromatic nitrogens is 2. The average Bonchev–Trinajstić information content (AvgIpc) is 2.98. The first-order chi connectivity index (χ1) is 12.1. The van der Waals surface area contributed by atoms with Crippen LogP contribution in [-0.2, 0) is 15.9 Å². The summed E-state index contributed by atoms with van der Waals surface area (Å²) in [7, 11) is 0. The van der Waals surface area contributed by atoms with Crippen molar-refractivity contribution in [3.05, 3.63) is 81.3 Å². The molecule has 6 heteroatoms. The second-order valence-electron chi connectivity index (χ2n) is 5.87. The van der Waals surface area contributed by atoms with Crippen LogP contribution in [-0.4, -0.2) is 15.8 Å². The standard InChI is InChI=1S/C19H16BrClN2O2/c1-12-24-19(25-12)17-11-23(15-8-6-14(20)7-9-15)18(22-17)10-13-4-2-3-5-16(13)21/h2-9,11-12,19H,10H2,1H3. The van der Waals surface area contributed by atoms with Gasteiger partial charge in [-0.3, -0.25) is 0 Å². The fraction of sp³-hybridized carbons (Fsp3) is 0.211. The Labute approximate surface area is 159 Å². The van der Waals surface area contributed by atoms with Crippen LogP contribution in [0.25, 0.3) is 5.69 Å². The Morgan fingerprint density at radius 3 is 2.52 bits per heavy atom. The highest BCUT2D eigenvalue weighted by atomic mass is 79.9. The highest BCUT2D eigenvalue weighted by molar-refractivity contribution is 9.10. The summed E-state index contributed by atoms with van der Waals surface area (Å²) in [6.07, 6.45) is 2.00. The monoisotopic (exact) mass is 418 g/mol. The van der Waals surface area contributed by atoms with Crippen LogP contribution in [0.4, 0.5) is 0 Å². The minimum atomic E-state index is -0.406. The number of benzene rings is 2. The summed E-state index contributed by atoms with van der Waals surface area (Å²) in [5.74, 6) is 0.886. The maximum atomic E-state index is 6.33. The molecular weight excluding hydrogens is 404 g/mol. The van der Waals surface area contributed by atoms with Crippen molar-refractivity contribution >= 4 is 27.5 Å². The van der Waals surface area contributed by atoms with Gasteiger partial charge in [-0.2, -0.15) is 0 Å². The molecule has 4 nitrogen and oxygen atoms in total. The second-order valence-corrected chi connectivity index (χ2v) is 7.19. The van der Waals surface area contributed by atoms with Crippen molar-refractivity contribution in [3.63, 3.8) is 0 Å². The lowest BCUT2D eigenvalue weighted by Crippen LogP contribution is -2.31. The predicted octanol–water partition coefficient (Wildman–Crippen LogP) is 5.27. The molecule has 0 atom stereocenters. The summed E-state index contributed by atoms with van der Waals surface area (Å²) >= 11 is 9.80. The maximum absolute atomic E-state index is 6.33. The molecule has 1 fully saturated rings. The largest absolute Gasteiger partial charge is 0.318 e. The summed E-state index contributed by atoms with van der Waals surface area (Å²) < 4.78 is 14.3. The number of imidazole rings is 1. The van der Waals surface area contributed by atoms with Gasteiger partial charge in [0.2, 0.25) is 6.29 Å². The van der Waals surface area contributed by atoms with Crippen LogP contribution in [0.5, 0.6) is 0 Å². The second kappa shape index (κ2) is 6.92. The zero-order valence-electron chi connectivity index (χ0n) is 13.5. The molecule has 1 aliphatic heterocycles. The Kier molecular flexibility index (Phi) is 4.65. The first-order valence-electron chi connectivity index (χ1n) is 7.98. The molecular formula is C19H16BrClN2O2. The van der Waals surface area contributed by atoms with Gasteiger partial charge in [-0.25, -0.2) is 4.98 Å². The third-order valence-corrected chi connectivity index (χ3v) is 4.98. The zero-order valence-corrected chi connectivity index (χ0v) is 15.9. The van der Waals surface area contributed by atoms with E-state index in [9.17, 15) is 0 Å². The molecule has 0 radical (unpaired) electrons. The number of halogens is 2. The Morgan fingerprint density at radius 1 is 1.12 bits per heavy atom. The van der Waals surface area contributed by atoms with Gasteiger partial charge in [0.25, 0.3) is 0 Å². The molecule has 0 saturated carbocycles. The van der Waals surface area contributed by atoms with Gasteiger partial charge in [0.1, 0.15) is 11.5 Å². The van der Waals surface area contributed by atoms with E-state index in [4.69, 9.17) is 26.1 Å². The Hall–Kier alpha value is -1.66. The molecule has 0 aliphatic carbocycles. The molecule has 25 heavy (non-hydrogen) atoms. The molecule has 1 aliphatic rings. The highest BCUT2D eigenvalue weighted by Crippen LogP contribution is 2.32. The van der Waals surface area contributed by atoms with Gasteiger partial charge in [0.15, 0.2) is 6.29 Å². The van der Waals surface area contributed by atoms with Crippen LogP contribution in [0.1, 0.15) is 30.3 Å². The first-order valence-corrected chi connectivity index (χ1v) is 9.15. The summed E-state index contributed by atoms with van der Waals surface area (Å²) in [6.45, 7) is 1.87. The minimum absolute atomic E-state index is 0.185. The summed E-state index contributed by atoms with van der Waals surface area (Å²) in [6, 6.07) is 15.9. The van der Waals surface area contributed by atoms with Gasteiger partial charge in [0.05, 0.1) is 0 Å². The summed E-state index contributed by atoms with van der Waals surface area (Å²) in [5, 5.41) is 0.735. The lowest BCUT2D eigenvalue weighted by Gasteiger charge is -2.32. The number of ether oxygens (including phenoxy) is 2. The molecule has 3 aromatic rings. The molecule has 4 rings (SSSR count). The van der Waals surface area contributed by atoms with E-state index in [1.807, 2.05) is 61.7 Å². The van der Waals surface area contributed by atoms with Crippen molar-refractivity contribution < 1.29 is 9.47 Å². The summed E-state index contributed by atoms with van der Waals surface area (Å²) in [5.41, 5.74) is 2.82. The molecule has 1 saturated heterocycles. The zero-order chi connectivity index (χ0) is 17.4. The molecule has 0 spiro atoms. The fourth-order valence-electron chi connectivity index (χ4n) is 2.81. The maximum Gasteiger partial charge on any atom is 0.208 e. The van der Waals surface area contributed by atoms with E-state index in [1.165, 1.54) is 0 Å². The molecule has 2 aromatic carbocycles. The molecule has 0 amide bonds. The molecule has 0 unspecified atom stereocenters. The third kappa shape index (κ3) is 3.51. The minimum Gasteiger partial charge on any atom is -0.318 e. The van der Waals surface area contributed by atoms with Crippen molar-refractivity contribution in [2.24, 2.45) is 0 Å². The van der Waals surface area contributed by atoms with Gasteiger partial charge in [-0.05, 0) is 42.8 Å². The van der Waals surface area contributed by atoms with Crippen LogP contribution in [0.15, 0.2) is 59.2 Å². The topological polar surface area (TPSA) is 36.3 Å². The van der Waals surface area contributed by atoms with Crippen molar-refractivity contribution in [1.29, 1.82) is 0 Å². The van der Waals surface area contributed by atoms with Crippen molar-refractivity contribution in [2.45, 2.75) is 25.9 Å². The smallest absolute Gasteiger partial charge is 0.208 e. The fourth-order valence-corrected chi connectivity index (χ4v) is 3.28. The van der Waals surface area contributed by atoms with Gasteiger partial charge >= 0.3 is 0 Å². The van der Waals surface area contributed by atoms with Crippen LogP contribution in [0, 0.1) is 0 Å². The number of hydrogen-bond donors (Lipinski definition) is 0. The quantitative estimate of drug-likeness (QED) is 0.578. The highest BCUT2D eigenvalue weighted by Gasteiger charge is 2.31. The average molecular weight is 420 g/mol. The van der Waals surface area contributed by atoms with Crippen LogP contribution >= 0.6 is 27.5 Å². The van der Waals surface area contributed by atoms with E-state index in [2.05, 4.69) is 20.5 Å². The van der Waals surface area contributed by atoms with Gasteiger partial charge in [0, 0.05) is 27.8 Å². The molecule has 0 bridgehead atoms. The first kappa shape index (κ1) is 16.8. The van der Waals surface area contributed by atoms with Crippen molar-refractivity contribution in [2.75, 3.05) is 0 Å². The lowest BCUT2D eigenvalue weighted by atomic mass is 10.1. The molecule has 2 heterocycles. The van der Waals surface area contributed by atoms with Crippen LogP contribution in [0.3, 0.4) is 0 Å². The molecule has 0 N–H and O–H groups in total. The molecule has 128 valence electrons. The number of nitrogens with zero attached hydrogens (tertiary/aromatic N) is 2. The SMILES string of the molecule is CC1OC(c2cn(-c3ccc(Br)cc3)c(Cc3ccccc3Cl)n2)O1. The van der Waals surface area contributed by atoms with Gasteiger partial charge in [-0.15, -0.1) is 0 Å². The van der Waals surface area contributed by atoms with Crippen LogP contribution < -0.4 is 0 Å². The van der Waals surface area contributed by atoms with E-state index < -0.39 is 6.29 Å². The van der Waals surface area contributed by atoms with Gasteiger partial charge in [-0.1, -0.05) is 45.7 Å². The van der Waals surface area contributed by atoms with E-state index >= 15 is 0 Å². The van der Waals surface area contributed by atoms with E-state index in [-0.39, 0.29) is 6.29 Å². The summed E-state index contributed by atoms with van der Waals surface area (Å²) in [4.78, 5) is 4.74. The van der Waals surface area contributed by atoms with Gasteiger partial charge < -0.3 is 14.0 Å². The Balaban J connectivity index is 1.72. The normalized spacial score (nSPS) is 19.6. The predicted molar refractivity (Wildman–Crippen MR) is 99.9 cm³/mol. The van der Waals surface area contributed by atoms with E-state index in [0.717, 1.165) is 32.3 Å². The number of hydrogen-bond acceptors (Lipinski definition) is 3. The molecule has 1 aromatic heterocycles. The Bertz CT molecular complexity index is 889. The lowest BCUT2D eigenvalue weighted by molar-refractivity contribution is -0.383. The number of rotatable bonds is 4.